The van der Waals surface area contributed by atoms with Crippen LogP contribution in [0, 0.1) is 0 Å². The van der Waals surface area contributed by atoms with Gasteiger partial charge in [-0.1, -0.05) is 18.2 Å². The Hall–Kier alpha value is -1.51. The molecule has 3 heteroatoms. The summed E-state index contributed by atoms with van der Waals surface area (Å²) in [5.41, 5.74) is 0. The van der Waals surface area contributed by atoms with Crippen molar-refractivity contribution in [3.8, 4) is 5.75 Å². The first-order valence-corrected chi connectivity index (χ1v) is 4.17. The van der Waals surface area contributed by atoms with Gasteiger partial charge in [0.05, 0.1) is 6.61 Å². The third-order valence-electron chi connectivity index (χ3n) is 1.54. The average Bonchev–Trinajstić information content (AvgIpc) is 2.14. The highest BCUT2D eigenvalue weighted by Crippen LogP contribution is 2.08. The fraction of sp³-hybridized carbons (Fsp3) is 0.300. The van der Waals surface area contributed by atoms with Gasteiger partial charge in [0.2, 0.25) is 0 Å². The normalized spacial score (nSPS) is 9.54. The molecule has 0 aliphatic rings. The van der Waals surface area contributed by atoms with Crippen molar-refractivity contribution in [3.63, 3.8) is 0 Å². The Morgan fingerprint density at radius 3 is 2.62 bits per heavy atom. The van der Waals surface area contributed by atoms with Gasteiger partial charge in [0, 0.05) is 5.97 Å². The van der Waals surface area contributed by atoms with Crippen LogP contribution in [0.4, 0.5) is 0 Å². The van der Waals surface area contributed by atoms with Crippen LogP contribution in [-0.2, 0) is 4.79 Å². The van der Waals surface area contributed by atoms with Crippen molar-refractivity contribution in [3.05, 3.63) is 30.3 Å². The van der Waals surface area contributed by atoms with Crippen LogP contribution in [0.15, 0.2) is 30.3 Å². The van der Waals surface area contributed by atoms with E-state index in [1.165, 1.54) is 0 Å². The highest BCUT2D eigenvalue weighted by Gasteiger charge is 1.91. The van der Waals surface area contributed by atoms with Gasteiger partial charge in [-0.05, 0) is 25.0 Å². The molecule has 0 atom stereocenters. The van der Waals surface area contributed by atoms with E-state index in [-0.39, 0.29) is 6.42 Å². The molecule has 0 fully saturated rings. The fourth-order valence-electron chi connectivity index (χ4n) is 0.923. The van der Waals surface area contributed by atoms with E-state index in [4.69, 9.17) is 4.74 Å². The number of carbonyl (C=O) groups excluding carboxylic acids is 1. The van der Waals surface area contributed by atoms with Crippen LogP contribution in [0.5, 0.6) is 5.75 Å². The van der Waals surface area contributed by atoms with E-state index >= 15 is 0 Å². The van der Waals surface area contributed by atoms with Crippen molar-refractivity contribution in [2.24, 2.45) is 0 Å². The van der Waals surface area contributed by atoms with Gasteiger partial charge in [-0.2, -0.15) is 0 Å². The summed E-state index contributed by atoms with van der Waals surface area (Å²) in [6.07, 6.45) is 0.532. The molecule has 0 heterocycles. The van der Waals surface area contributed by atoms with Gasteiger partial charge in [-0.25, -0.2) is 0 Å². The number of carboxylic acids is 1. The molecule has 0 unspecified atom stereocenters. The molecule has 0 aromatic heterocycles. The SMILES string of the molecule is O=C([O-])CCCOc1ccccc1. The zero-order chi connectivity index (χ0) is 9.52. The lowest BCUT2D eigenvalue weighted by Crippen LogP contribution is -2.22. The Morgan fingerprint density at radius 2 is 2.00 bits per heavy atom. The molecule has 1 rings (SSSR count). The summed E-state index contributed by atoms with van der Waals surface area (Å²) in [4.78, 5) is 10.0. The minimum absolute atomic E-state index is 0.0484. The largest absolute Gasteiger partial charge is 0.550 e. The van der Waals surface area contributed by atoms with Crippen molar-refractivity contribution >= 4 is 5.97 Å². The molecule has 0 N–H and O–H groups in total. The molecule has 0 aliphatic heterocycles. The average molecular weight is 179 g/mol. The Morgan fingerprint density at radius 1 is 1.31 bits per heavy atom. The maximum absolute atomic E-state index is 10.0. The van der Waals surface area contributed by atoms with E-state index < -0.39 is 5.97 Å². The van der Waals surface area contributed by atoms with Crippen LogP contribution in [0.2, 0.25) is 0 Å². The van der Waals surface area contributed by atoms with Crippen LogP contribution in [0.25, 0.3) is 0 Å². The number of ether oxygens (including phenoxy) is 1. The van der Waals surface area contributed by atoms with Crippen LogP contribution in [0.1, 0.15) is 12.8 Å². The van der Waals surface area contributed by atoms with Gasteiger partial charge in [-0.15, -0.1) is 0 Å². The van der Waals surface area contributed by atoms with E-state index in [9.17, 15) is 9.90 Å². The van der Waals surface area contributed by atoms with Crippen molar-refractivity contribution < 1.29 is 14.6 Å². The number of aliphatic carboxylic acids is 1. The summed E-state index contributed by atoms with van der Waals surface area (Å²) in [7, 11) is 0. The first-order valence-electron chi connectivity index (χ1n) is 4.17. The maximum Gasteiger partial charge on any atom is 0.119 e. The first-order chi connectivity index (χ1) is 6.29. The van der Waals surface area contributed by atoms with Crippen molar-refractivity contribution in [2.45, 2.75) is 12.8 Å². The molecular weight excluding hydrogens is 168 g/mol. The Labute approximate surface area is 77.0 Å². The minimum atomic E-state index is -1.03. The Bertz CT molecular complexity index is 256. The summed E-state index contributed by atoms with van der Waals surface area (Å²) in [6.45, 7) is 0.415. The van der Waals surface area contributed by atoms with Crippen LogP contribution < -0.4 is 9.84 Å². The topological polar surface area (TPSA) is 49.4 Å². The molecule has 0 saturated carbocycles. The third-order valence-corrected chi connectivity index (χ3v) is 1.54. The van der Waals surface area contributed by atoms with Crippen molar-refractivity contribution in [2.75, 3.05) is 6.61 Å². The standard InChI is InChI=1S/C10H12O3/c11-10(12)7-4-8-13-9-5-2-1-3-6-9/h1-3,5-6H,4,7-8H2,(H,11,12)/p-1. The molecule has 1 aromatic rings. The van der Waals surface area contributed by atoms with Crippen molar-refractivity contribution in [1.29, 1.82) is 0 Å². The second-order valence-electron chi connectivity index (χ2n) is 2.64. The first kappa shape index (κ1) is 9.58. The van der Waals surface area contributed by atoms with Gasteiger partial charge >= 0.3 is 0 Å². The fourth-order valence-corrected chi connectivity index (χ4v) is 0.923. The Balaban J connectivity index is 2.17. The van der Waals surface area contributed by atoms with Gasteiger partial charge in [0.1, 0.15) is 5.75 Å². The van der Waals surface area contributed by atoms with Crippen molar-refractivity contribution in [1.82, 2.24) is 0 Å². The summed E-state index contributed by atoms with van der Waals surface area (Å²) in [6, 6.07) is 9.30. The second-order valence-corrected chi connectivity index (χ2v) is 2.64. The summed E-state index contributed by atoms with van der Waals surface area (Å²) < 4.78 is 5.27. The van der Waals surface area contributed by atoms with E-state index in [1.54, 1.807) is 0 Å². The van der Waals surface area contributed by atoms with Crippen LogP contribution in [0.3, 0.4) is 0 Å². The number of hydrogen-bond acceptors (Lipinski definition) is 3. The minimum Gasteiger partial charge on any atom is -0.550 e. The van der Waals surface area contributed by atoms with Gasteiger partial charge in [-0.3, -0.25) is 0 Å². The van der Waals surface area contributed by atoms with Gasteiger partial charge in [0.25, 0.3) is 0 Å². The molecule has 3 nitrogen and oxygen atoms in total. The van der Waals surface area contributed by atoms with E-state index in [1.807, 2.05) is 30.3 Å². The highest BCUT2D eigenvalue weighted by molar-refractivity contribution is 5.64. The second kappa shape index (κ2) is 5.19. The number of carbonyl (C=O) groups is 1. The quantitative estimate of drug-likeness (QED) is 0.622. The molecular formula is C10H11O3-. The predicted octanol–water partition coefficient (Wildman–Crippen LogP) is 0.595. The Kier molecular flexibility index (Phi) is 3.82. The lowest BCUT2D eigenvalue weighted by atomic mass is 10.3. The van der Waals surface area contributed by atoms with Gasteiger partial charge in [0.15, 0.2) is 0 Å². The molecule has 0 aliphatic carbocycles. The molecule has 0 radical (unpaired) electrons. The number of carboxylic acid groups (broad SMARTS) is 1. The van der Waals surface area contributed by atoms with E-state index in [0.717, 1.165) is 5.75 Å². The number of benzene rings is 1. The third kappa shape index (κ3) is 4.15. The number of para-hydroxylation sites is 1. The smallest absolute Gasteiger partial charge is 0.119 e. The summed E-state index contributed by atoms with van der Waals surface area (Å²) in [5.74, 6) is -0.266. The zero-order valence-corrected chi connectivity index (χ0v) is 7.23. The molecule has 0 amide bonds. The van der Waals surface area contributed by atoms with Gasteiger partial charge < -0.3 is 14.6 Å². The predicted molar refractivity (Wildman–Crippen MR) is 46.2 cm³/mol. The molecule has 1 aromatic carbocycles. The molecule has 0 bridgehead atoms. The number of rotatable bonds is 5. The summed E-state index contributed by atoms with van der Waals surface area (Å²) >= 11 is 0. The molecule has 70 valence electrons. The molecule has 0 saturated heterocycles. The molecule has 0 spiro atoms. The lowest BCUT2D eigenvalue weighted by molar-refractivity contribution is -0.305. The monoisotopic (exact) mass is 179 g/mol. The number of hydrogen-bond donors (Lipinski definition) is 0. The van der Waals surface area contributed by atoms with E-state index in [0.29, 0.717) is 13.0 Å². The van der Waals surface area contributed by atoms with E-state index in [2.05, 4.69) is 0 Å². The highest BCUT2D eigenvalue weighted by atomic mass is 16.5. The van der Waals surface area contributed by atoms with Crippen LogP contribution in [-0.4, -0.2) is 12.6 Å². The summed E-state index contributed by atoms with van der Waals surface area (Å²) in [5, 5.41) is 10.0. The molecule has 13 heavy (non-hydrogen) atoms. The lowest BCUT2D eigenvalue weighted by Gasteiger charge is -2.05. The maximum atomic E-state index is 10.0. The zero-order valence-electron chi connectivity index (χ0n) is 7.23. The van der Waals surface area contributed by atoms with Crippen LogP contribution >= 0.6 is 0 Å².